The number of allylic oxidation sites excluding steroid dienone is 1. The Morgan fingerprint density at radius 2 is 2.23 bits per heavy atom. The van der Waals surface area contributed by atoms with Crippen molar-refractivity contribution < 1.29 is 13.0 Å². The van der Waals surface area contributed by atoms with Crippen molar-refractivity contribution in [1.82, 2.24) is 0 Å². The largest absolute Gasteiger partial charge is 0.335 e. The van der Waals surface area contributed by atoms with Crippen molar-refractivity contribution in [3.8, 4) is 0 Å². The molecule has 0 saturated heterocycles. The molecule has 0 atom stereocenters. The van der Waals surface area contributed by atoms with E-state index in [1.165, 1.54) is 0 Å². The maximum atomic E-state index is 10.9. The second-order valence-corrected chi connectivity index (χ2v) is 8.40. The molecule has 0 saturated carbocycles. The Kier molecular flexibility index (Phi) is 5.90. The van der Waals surface area contributed by atoms with Crippen LogP contribution in [-0.2, 0) is 10.1 Å². The molecule has 1 heterocycles. The second-order valence-electron chi connectivity index (χ2n) is 4.81. The maximum absolute atomic E-state index is 10.9. The average Bonchev–Trinajstić information content (AvgIpc) is 2.75. The molecular weight excluding hydrogens is 362 g/mol. The summed E-state index contributed by atoms with van der Waals surface area (Å²) >= 11 is 12.9. The SMILES string of the molecule is CCC(=S)C=C1Sc2ccc(Cl)cc2N1CCCS(=O)(=O)O. The number of rotatable bonds is 6. The zero-order valence-electron chi connectivity index (χ0n) is 12.0. The van der Waals surface area contributed by atoms with Gasteiger partial charge >= 0.3 is 0 Å². The molecule has 1 aromatic carbocycles. The first-order valence-corrected chi connectivity index (χ1v) is 9.96. The molecule has 120 valence electrons. The lowest BCUT2D eigenvalue weighted by Gasteiger charge is -2.20. The highest BCUT2D eigenvalue weighted by Crippen LogP contribution is 2.47. The van der Waals surface area contributed by atoms with Crippen LogP contribution >= 0.6 is 35.6 Å². The van der Waals surface area contributed by atoms with Gasteiger partial charge in [0, 0.05) is 21.3 Å². The molecule has 1 N–H and O–H groups in total. The Labute approximate surface area is 145 Å². The summed E-state index contributed by atoms with van der Waals surface area (Å²) in [4.78, 5) is 3.89. The zero-order valence-corrected chi connectivity index (χ0v) is 15.2. The van der Waals surface area contributed by atoms with Gasteiger partial charge < -0.3 is 4.90 Å². The summed E-state index contributed by atoms with van der Waals surface area (Å²) in [7, 11) is -3.95. The normalized spacial score (nSPS) is 16.1. The summed E-state index contributed by atoms with van der Waals surface area (Å²) in [5.74, 6) is -0.268. The molecule has 8 heteroatoms. The smallest absolute Gasteiger partial charge is 0.264 e. The number of nitrogens with zero attached hydrogens (tertiary/aromatic N) is 1. The first kappa shape index (κ1) is 17.7. The van der Waals surface area contributed by atoms with Gasteiger partial charge in [0.15, 0.2) is 0 Å². The van der Waals surface area contributed by atoms with E-state index < -0.39 is 10.1 Å². The van der Waals surface area contributed by atoms with Gasteiger partial charge in [-0.05, 0) is 37.1 Å². The van der Waals surface area contributed by atoms with Gasteiger partial charge in [-0.2, -0.15) is 8.42 Å². The zero-order chi connectivity index (χ0) is 16.3. The number of hydrogen-bond donors (Lipinski definition) is 1. The number of halogens is 1. The van der Waals surface area contributed by atoms with E-state index in [4.69, 9.17) is 28.4 Å². The predicted octanol–water partition coefficient (Wildman–Crippen LogP) is 4.15. The Hall–Kier alpha value is -0.600. The van der Waals surface area contributed by atoms with Crippen LogP contribution in [0.5, 0.6) is 0 Å². The van der Waals surface area contributed by atoms with Crippen molar-refractivity contribution in [1.29, 1.82) is 0 Å². The topological polar surface area (TPSA) is 57.6 Å². The van der Waals surface area contributed by atoms with Gasteiger partial charge in [0.1, 0.15) is 0 Å². The highest BCUT2D eigenvalue weighted by atomic mass is 35.5. The highest BCUT2D eigenvalue weighted by Gasteiger charge is 2.25. The second kappa shape index (κ2) is 7.31. The third kappa shape index (κ3) is 4.70. The lowest BCUT2D eigenvalue weighted by Crippen LogP contribution is -2.22. The molecule has 0 aromatic heterocycles. The number of thiocarbonyl (C=S) groups is 1. The average molecular weight is 378 g/mol. The lowest BCUT2D eigenvalue weighted by atomic mass is 10.2. The van der Waals surface area contributed by atoms with Crippen molar-refractivity contribution in [3.63, 3.8) is 0 Å². The summed E-state index contributed by atoms with van der Waals surface area (Å²) in [5.41, 5.74) is 0.943. The van der Waals surface area contributed by atoms with Crippen LogP contribution in [0.2, 0.25) is 5.02 Å². The van der Waals surface area contributed by atoms with Crippen LogP contribution in [0.15, 0.2) is 34.2 Å². The molecule has 0 spiro atoms. The van der Waals surface area contributed by atoms with E-state index in [-0.39, 0.29) is 5.75 Å². The minimum atomic E-state index is -3.95. The highest BCUT2D eigenvalue weighted by molar-refractivity contribution is 8.03. The Bertz CT molecular complexity index is 716. The molecule has 0 fully saturated rings. The molecule has 0 bridgehead atoms. The summed E-state index contributed by atoms with van der Waals surface area (Å²) < 4.78 is 30.6. The van der Waals surface area contributed by atoms with Crippen LogP contribution in [0.3, 0.4) is 0 Å². The van der Waals surface area contributed by atoms with E-state index in [9.17, 15) is 8.42 Å². The van der Waals surface area contributed by atoms with Crippen LogP contribution in [0.1, 0.15) is 19.8 Å². The first-order chi connectivity index (χ1) is 10.3. The van der Waals surface area contributed by atoms with E-state index in [0.29, 0.717) is 18.0 Å². The van der Waals surface area contributed by atoms with Gasteiger partial charge in [-0.15, -0.1) is 0 Å². The molecule has 1 aliphatic rings. The van der Waals surface area contributed by atoms with Crippen LogP contribution in [0, 0.1) is 0 Å². The molecule has 0 unspecified atom stereocenters. The van der Waals surface area contributed by atoms with Gasteiger partial charge in [0.25, 0.3) is 10.1 Å². The third-order valence-corrected chi connectivity index (χ3v) is 5.67. The molecule has 2 rings (SSSR count). The van der Waals surface area contributed by atoms with E-state index >= 15 is 0 Å². The quantitative estimate of drug-likeness (QED) is 0.456. The fraction of sp³-hybridized carbons (Fsp3) is 0.357. The fourth-order valence-corrected chi connectivity index (χ4v) is 4.04. The number of anilines is 1. The number of hydrogen-bond acceptors (Lipinski definition) is 5. The van der Waals surface area contributed by atoms with E-state index in [1.807, 2.05) is 36.1 Å². The van der Waals surface area contributed by atoms with Gasteiger partial charge in [0.05, 0.1) is 16.5 Å². The van der Waals surface area contributed by atoms with E-state index in [0.717, 1.165) is 26.9 Å². The molecule has 0 amide bonds. The van der Waals surface area contributed by atoms with Gasteiger partial charge in [0.2, 0.25) is 0 Å². The molecule has 1 aromatic rings. The predicted molar refractivity (Wildman–Crippen MR) is 96.7 cm³/mol. The summed E-state index contributed by atoms with van der Waals surface area (Å²) in [6.07, 6.45) is 3.03. The number of benzene rings is 1. The fourth-order valence-electron chi connectivity index (χ4n) is 2.06. The number of fused-ring (bicyclic) bond motifs is 1. The molecule has 4 nitrogen and oxygen atoms in total. The van der Waals surface area contributed by atoms with Gasteiger partial charge in [-0.3, -0.25) is 4.55 Å². The van der Waals surface area contributed by atoms with Gasteiger partial charge in [-0.25, -0.2) is 0 Å². The van der Waals surface area contributed by atoms with Crippen LogP contribution in [0.4, 0.5) is 5.69 Å². The molecule has 0 radical (unpaired) electrons. The molecular formula is C14H16ClNO3S3. The van der Waals surface area contributed by atoms with Crippen molar-refractivity contribution in [2.75, 3.05) is 17.2 Å². The third-order valence-electron chi connectivity index (χ3n) is 3.11. The minimum Gasteiger partial charge on any atom is -0.335 e. The van der Waals surface area contributed by atoms with Crippen molar-refractivity contribution in [2.24, 2.45) is 0 Å². The number of thioether (sulfide) groups is 1. The first-order valence-electron chi connectivity index (χ1n) is 6.75. The summed E-state index contributed by atoms with van der Waals surface area (Å²) in [6.45, 7) is 2.46. The summed E-state index contributed by atoms with van der Waals surface area (Å²) in [6, 6.07) is 5.62. The standard InChI is InChI=1S/C14H16ClNO3S3/c1-2-11(20)9-14-16(6-3-7-22(17,18)19)12-8-10(15)4-5-13(12)21-14/h4-5,8-9H,2-3,6-7H2,1H3,(H,17,18,19). The van der Waals surface area contributed by atoms with E-state index in [1.54, 1.807) is 11.8 Å². The molecule has 0 aliphatic carbocycles. The summed E-state index contributed by atoms with van der Waals surface area (Å²) in [5, 5.41) is 1.58. The Balaban J connectivity index is 2.25. The van der Waals surface area contributed by atoms with Crippen molar-refractivity contribution >= 4 is 56.3 Å². The van der Waals surface area contributed by atoms with E-state index in [2.05, 4.69) is 0 Å². The van der Waals surface area contributed by atoms with Gasteiger partial charge in [-0.1, -0.05) is 42.5 Å². The lowest BCUT2D eigenvalue weighted by molar-refractivity contribution is 0.481. The Morgan fingerprint density at radius 3 is 2.86 bits per heavy atom. The van der Waals surface area contributed by atoms with Crippen LogP contribution in [-0.4, -0.2) is 30.1 Å². The van der Waals surface area contributed by atoms with Crippen LogP contribution < -0.4 is 4.90 Å². The van der Waals surface area contributed by atoms with Crippen molar-refractivity contribution in [3.05, 3.63) is 34.3 Å². The maximum Gasteiger partial charge on any atom is 0.264 e. The molecule has 1 aliphatic heterocycles. The molecule has 22 heavy (non-hydrogen) atoms. The van der Waals surface area contributed by atoms with Crippen molar-refractivity contribution in [2.45, 2.75) is 24.7 Å². The van der Waals surface area contributed by atoms with Crippen LogP contribution in [0.25, 0.3) is 0 Å². The Morgan fingerprint density at radius 1 is 1.50 bits per heavy atom. The minimum absolute atomic E-state index is 0.268. The monoisotopic (exact) mass is 377 g/mol.